The second-order valence-corrected chi connectivity index (χ2v) is 9.15. The van der Waals surface area contributed by atoms with E-state index >= 15 is 0 Å². The average molecular weight is 466 g/mol. The van der Waals surface area contributed by atoms with E-state index in [1.54, 1.807) is 11.9 Å². The van der Waals surface area contributed by atoms with Gasteiger partial charge in [-0.05, 0) is 50.5 Å². The molecule has 1 heterocycles. The van der Waals surface area contributed by atoms with E-state index in [4.69, 9.17) is 4.98 Å². The number of hydrogen-bond donors (Lipinski definition) is 1. The van der Waals surface area contributed by atoms with Crippen LogP contribution in [0.25, 0.3) is 22.2 Å². The first-order chi connectivity index (χ1) is 16.8. The van der Waals surface area contributed by atoms with Crippen LogP contribution in [0, 0.1) is 13.8 Å². The van der Waals surface area contributed by atoms with Crippen LogP contribution in [0.3, 0.4) is 0 Å². The van der Waals surface area contributed by atoms with Crippen molar-refractivity contribution in [3.05, 3.63) is 95.6 Å². The number of amides is 2. The average Bonchev–Trinajstić information content (AvgIpc) is 2.89. The van der Waals surface area contributed by atoms with Crippen molar-refractivity contribution < 1.29 is 9.59 Å². The fourth-order valence-corrected chi connectivity index (χ4v) is 4.32. The molecule has 0 aliphatic rings. The van der Waals surface area contributed by atoms with Gasteiger partial charge in [0.25, 0.3) is 5.91 Å². The maximum Gasteiger partial charge on any atom is 0.255 e. The molecule has 0 aliphatic heterocycles. The Morgan fingerprint density at radius 2 is 1.54 bits per heavy atom. The molecule has 0 aliphatic carbocycles. The van der Waals surface area contributed by atoms with Gasteiger partial charge in [-0.3, -0.25) is 9.59 Å². The summed E-state index contributed by atoms with van der Waals surface area (Å²) in [5, 5.41) is 3.85. The number of para-hydroxylation sites is 2. The first kappa shape index (κ1) is 24.1. The van der Waals surface area contributed by atoms with Crippen molar-refractivity contribution in [2.75, 3.05) is 12.4 Å². The summed E-state index contributed by atoms with van der Waals surface area (Å²) in [5.74, 6) is -0.434. The van der Waals surface area contributed by atoms with E-state index in [9.17, 15) is 9.59 Å². The molecule has 0 bridgehead atoms. The summed E-state index contributed by atoms with van der Waals surface area (Å²) in [6, 6.07) is 25.2. The normalized spacial score (nSPS) is 12.7. The Labute approximate surface area is 206 Å². The minimum absolute atomic E-state index is 0.213. The second-order valence-electron chi connectivity index (χ2n) is 9.15. The number of fused-ring (bicyclic) bond motifs is 1. The van der Waals surface area contributed by atoms with Crippen molar-refractivity contribution in [2.24, 2.45) is 0 Å². The number of aryl methyl sites for hydroxylation is 2. The van der Waals surface area contributed by atoms with Gasteiger partial charge in [0.2, 0.25) is 5.91 Å². The molecule has 0 saturated carbocycles. The lowest BCUT2D eigenvalue weighted by Gasteiger charge is -2.37. The van der Waals surface area contributed by atoms with Crippen molar-refractivity contribution in [2.45, 2.75) is 39.7 Å². The summed E-state index contributed by atoms with van der Waals surface area (Å²) in [6.45, 7) is 7.67. The number of benzene rings is 3. The predicted molar refractivity (Wildman–Crippen MR) is 143 cm³/mol. The number of likely N-dealkylation sites (N-methyl/N-ethyl adjacent to an activating group) is 1. The van der Waals surface area contributed by atoms with Crippen LogP contribution in [0.15, 0.2) is 78.9 Å². The van der Waals surface area contributed by atoms with Gasteiger partial charge in [0, 0.05) is 23.7 Å². The van der Waals surface area contributed by atoms with Gasteiger partial charge in [0.1, 0.15) is 5.54 Å². The Balaban J connectivity index is 1.74. The van der Waals surface area contributed by atoms with Crippen LogP contribution in [-0.4, -0.2) is 34.3 Å². The van der Waals surface area contributed by atoms with Gasteiger partial charge in [-0.1, -0.05) is 73.7 Å². The number of carbonyl (C=O) groups is 2. The standard InChI is InChI=1S/C30H31N3O2/c1-6-30(4,29(35)32-27-20(2)13-12-14-21(27)3)33(5)28(34)24-19-26(22-15-8-7-9-16-22)31-25-18-11-10-17-23(24)25/h7-19H,6H2,1-5H3,(H,32,35). The molecule has 1 N–H and O–H groups in total. The number of pyridine rings is 1. The maximum absolute atomic E-state index is 14.0. The largest absolute Gasteiger partial charge is 0.327 e. The van der Waals surface area contributed by atoms with Crippen molar-refractivity contribution in [3.8, 4) is 11.3 Å². The van der Waals surface area contributed by atoms with E-state index in [1.807, 2.05) is 107 Å². The Morgan fingerprint density at radius 3 is 2.20 bits per heavy atom. The van der Waals surface area contributed by atoms with Gasteiger partial charge < -0.3 is 10.2 Å². The lowest BCUT2D eigenvalue weighted by molar-refractivity contribution is -0.125. The highest BCUT2D eigenvalue weighted by molar-refractivity contribution is 6.10. The highest BCUT2D eigenvalue weighted by Crippen LogP contribution is 2.30. The van der Waals surface area contributed by atoms with Gasteiger partial charge in [0.15, 0.2) is 0 Å². The summed E-state index contributed by atoms with van der Waals surface area (Å²) in [6.07, 6.45) is 0.459. The monoisotopic (exact) mass is 465 g/mol. The molecule has 3 aromatic carbocycles. The number of hydrogen-bond acceptors (Lipinski definition) is 3. The number of rotatable bonds is 6. The molecule has 0 saturated heterocycles. The topological polar surface area (TPSA) is 62.3 Å². The van der Waals surface area contributed by atoms with E-state index < -0.39 is 5.54 Å². The molecule has 2 amide bonds. The molecule has 4 aromatic rings. The first-order valence-corrected chi connectivity index (χ1v) is 11.9. The van der Waals surface area contributed by atoms with Crippen molar-refractivity contribution >= 4 is 28.4 Å². The zero-order valence-corrected chi connectivity index (χ0v) is 20.9. The molecular formula is C30H31N3O2. The molecular weight excluding hydrogens is 434 g/mol. The number of anilines is 1. The molecule has 0 radical (unpaired) electrons. The Hall–Kier alpha value is -3.99. The molecule has 0 fully saturated rings. The molecule has 35 heavy (non-hydrogen) atoms. The third-order valence-electron chi connectivity index (χ3n) is 6.96. The van der Waals surface area contributed by atoms with E-state index in [2.05, 4.69) is 5.32 Å². The summed E-state index contributed by atoms with van der Waals surface area (Å²) < 4.78 is 0. The number of nitrogens with one attached hydrogen (secondary N) is 1. The highest BCUT2D eigenvalue weighted by atomic mass is 16.2. The SMILES string of the molecule is CCC(C)(C(=O)Nc1c(C)cccc1C)N(C)C(=O)c1cc(-c2ccccc2)nc2ccccc12. The van der Waals surface area contributed by atoms with Crippen molar-refractivity contribution in [1.82, 2.24) is 9.88 Å². The number of carbonyl (C=O) groups excluding carboxylic acids is 2. The van der Waals surface area contributed by atoms with Gasteiger partial charge >= 0.3 is 0 Å². The van der Waals surface area contributed by atoms with Gasteiger partial charge in [-0.15, -0.1) is 0 Å². The zero-order chi connectivity index (χ0) is 25.2. The predicted octanol–water partition coefficient (Wildman–Crippen LogP) is 6.40. The lowest BCUT2D eigenvalue weighted by atomic mass is 9.93. The summed E-state index contributed by atoms with van der Waals surface area (Å²) in [5.41, 5.74) is 4.62. The Kier molecular flexibility index (Phi) is 6.70. The molecule has 178 valence electrons. The minimum atomic E-state index is -1.05. The van der Waals surface area contributed by atoms with Crippen LogP contribution in [0.4, 0.5) is 5.69 Å². The van der Waals surface area contributed by atoms with Gasteiger partial charge in [-0.25, -0.2) is 4.98 Å². The molecule has 1 aromatic heterocycles. The fraction of sp³-hybridized carbons (Fsp3) is 0.233. The number of nitrogens with zero attached hydrogens (tertiary/aromatic N) is 2. The van der Waals surface area contributed by atoms with E-state index in [0.29, 0.717) is 12.0 Å². The molecule has 5 heteroatoms. The zero-order valence-electron chi connectivity index (χ0n) is 20.9. The smallest absolute Gasteiger partial charge is 0.255 e. The van der Waals surface area contributed by atoms with Crippen LogP contribution >= 0.6 is 0 Å². The Morgan fingerprint density at radius 1 is 0.914 bits per heavy atom. The van der Waals surface area contributed by atoms with Gasteiger partial charge in [-0.2, -0.15) is 0 Å². The lowest BCUT2D eigenvalue weighted by Crippen LogP contribution is -2.55. The quantitative estimate of drug-likeness (QED) is 0.358. The van der Waals surface area contributed by atoms with Crippen molar-refractivity contribution in [3.63, 3.8) is 0 Å². The minimum Gasteiger partial charge on any atom is -0.327 e. The van der Waals surface area contributed by atoms with Crippen molar-refractivity contribution in [1.29, 1.82) is 0 Å². The fourth-order valence-electron chi connectivity index (χ4n) is 4.32. The van der Waals surface area contributed by atoms with Crippen LogP contribution in [0.2, 0.25) is 0 Å². The molecule has 1 atom stereocenters. The van der Waals surface area contributed by atoms with E-state index in [-0.39, 0.29) is 11.8 Å². The van der Waals surface area contributed by atoms with Gasteiger partial charge in [0.05, 0.1) is 16.8 Å². The maximum atomic E-state index is 14.0. The summed E-state index contributed by atoms with van der Waals surface area (Å²) in [4.78, 5) is 33.9. The first-order valence-electron chi connectivity index (χ1n) is 11.9. The third kappa shape index (κ3) is 4.54. The van der Waals surface area contributed by atoms with Crippen LogP contribution < -0.4 is 5.32 Å². The number of aromatic nitrogens is 1. The van der Waals surface area contributed by atoms with Crippen LogP contribution in [-0.2, 0) is 4.79 Å². The molecule has 5 nitrogen and oxygen atoms in total. The Bertz CT molecular complexity index is 1380. The summed E-state index contributed by atoms with van der Waals surface area (Å²) >= 11 is 0. The van der Waals surface area contributed by atoms with E-state index in [0.717, 1.165) is 39.0 Å². The molecule has 4 rings (SSSR count). The van der Waals surface area contributed by atoms with Crippen LogP contribution in [0.1, 0.15) is 41.8 Å². The summed E-state index contributed by atoms with van der Waals surface area (Å²) in [7, 11) is 1.70. The molecule has 1 unspecified atom stereocenters. The second kappa shape index (κ2) is 9.71. The van der Waals surface area contributed by atoms with E-state index in [1.165, 1.54) is 0 Å². The highest BCUT2D eigenvalue weighted by Gasteiger charge is 2.39. The molecule has 0 spiro atoms. The van der Waals surface area contributed by atoms with Crippen LogP contribution in [0.5, 0.6) is 0 Å². The third-order valence-corrected chi connectivity index (χ3v) is 6.96.